The van der Waals surface area contributed by atoms with Crippen LogP contribution in [0.15, 0.2) is 24.3 Å². The molecule has 1 aromatic rings. The Morgan fingerprint density at radius 1 is 1.36 bits per heavy atom. The van der Waals surface area contributed by atoms with Crippen molar-refractivity contribution in [2.45, 2.75) is 57.7 Å². The van der Waals surface area contributed by atoms with E-state index in [2.05, 4.69) is 16.0 Å². The van der Waals surface area contributed by atoms with Gasteiger partial charge in [-0.05, 0) is 49.8 Å². The molecule has 2 rings (SSSR count). The number of alkyl carbamates (subject to hydrolysis) is 1. The monoisotopic (exact) mass is 481 g/mol. The Bertz CT molecular complexity index is 860. The molecule has 3 amide bonds. The number of hydrogen-bond acceptors (Lipinski definition) is 6. The van der Waals surface area contributed by atoms with Crippen molar-refractivity contribution in [2.24, 2.45) is 11.8 Å². The van der Waals surface area contributed by atoms with Crippen LogP contribution >= 0.6 is 11.6 Å². The number of benzene rings is 1. The van der Waals surface area contributed by atoms with E-state index in [1.807, 2.05) is 13.8 Å². The minimum atomic E-state index is -1.48. The summed E-state index contributed by atoms with van der Waals surface area (Å²) in [6.07, 6.45) is 0.821. The standard InChI is InChI=1S/C23H32ClN3O6/c1-14(2)9-19(21(30)26-18(12-28)10-15-7-8-25-20(15)29)27-22(31)33-13-23(3,32)16-5-4-6-17(24)11-16/h4-6,11-12,14-15,18-19,32H,7-10,13H2,1-3H3,(H,25,29)(H,26,30)(H,27,31)/t15-,18-,19-,23?/m0/s1. The highest BCUT2D eigenvalue weighted by Crippen LogP contribution is 2.24. The van der Waals surface area contributed by atoms with E-state index in [1.165, 1.54) is 6.92 Å². The number of amides is 3. The smallest absolute Gasteiger partial charge is 0.407 e. The first-order chi connectivity index (χ1) is 15.5. The maximum Gasteiger partial charge on any atom is 0.407 e. The number of nitrogens with one attached hydrogen (secondary N) is 3. The zero-order valence-corrected chi connectivity index (χ0v) is 19.9. The molecule has 1 aliphatic rings. The van der Waals surface area contributed by atoms with Gasteiger partial charge in [0.2, 0.25) is 11.8 Å². The van der Waals surface area contributed by atoms with Crippen molar-refractivity contribution >= 4 is 35.8 Å². The van der Waals surface area contributed by atoms with E-state index in [0.717, 1.165) is 0 Å². The molecule has 0 spiro atoms. The molecule has 1 heterocycles. The molecule has 9 nitrogen and oxygen atoms in total. The number of rotatable bonds is 11. The fraction of sp³-hybridized carbons (Fsp3) is 0.565. The van der Waals surface area contributed by atoms with E-state index < -0.39 is 29.7 Å². The summed E-state index contributed by atoms with van der Waals surface area (Å²) in [5.74, 6) is -0.956. The van der Waals surface area contributed by atoms with Crippen LogP contribution in [0.3, 0.4) is 0 Å². The summed E-state index contributed by atoms with van der Waals surface area (Å²) >= 11 is 5.96. The third-order valence-electron chi connectivity index (χ3n) is 5.44. The van der Waals surface area contributed by atoms with Crippen molar-refractivity contribution in [3.63, 3.8) is 0 Å². The van der Waals surface area contributed by atoms with Crippen molar-refractivity contribution in [2.75, 3.05) is 13.2 Å². The molecule has 4 N–H and O–H groups in total. The van der Waals surface area contributed by atoms with Crippen LogP contribution < -0.4 is 16.0 Å². The van der Waals surface area contributed by atoms with Gasteiger partial charge in [-0.2, -0.15) is 0 Å². The van der Waals surface area contributed by atoms with Crippen molar-refractivity contribution in [3.05, 3.63) is 34.9 Å². The van der Waals surface area contributed by atoms with E-state index in [4.69, 9.17) is 16.3 Å². The lowest BCUT2D eigenvalue weighted by molar-refractivity contribution is -0.127. The molecule has 1 aliphatic heterocycles. The van der Waals surface area contributed by atoms with Crippen LogP contribution in [-0.2, 0) is 24.7 Å². The normalized spacial score (nSPS) is 19.2. The summed E-state index contributed by atoms with van der Waals surface area (Å²) in [6.45, 7) is 5.45. The van der Waals surface area contributed by atoms with E-state index >= 15 is 0 Å². The topological polar surface area (TPSA) is 134 Å². The van der Waals surface area contributed by atoms with Crippen molar-refractivity contribution in [1.82, 2.24) is 16.0 Å². The minimum Gasteiger partial charge on any atom is -0.446 e. The van der Waals surface area contributed by atoms with Gasteiger partial charge in [0.25, 0.3) is 0 Å². The Morgan fingerprint density at radius 2 is 2.09 bits per heavy atom. The van der Waals surface area contributed by atoms with Gasteiger partial charge in [-0.3, -0.25) is 9.59 Å². The van der Waals surface area contributed by atoms with Gasteiger partial charge in [0.15, 0.2) is 0 Å². The summed E-state index contributed by atoms with van der Waals surface area (Å²) in [5.41, 5.74) is -1.01. The molecule has 4 atom stereocenters. The molecular formula is C23H32ClN3O6. The second-order valence-corrected chi connectivity index (χ2v) is 9.39. The Hall–Kier alpha value is -2.65. The fourth-order valence-electron chi connectivity index (χ4n) is 3.61. The van der Waals surface area contributed by atoms with Gasteiger partial charge in [-0.1, -0.05) is 37.6 Å². The van der Waals surface area contributed by atoms with Gasteiger partial charge in [0.1, 0.15) is 24.5 Å². The lowest BCUT2D eigenvalue weighted by Crippen LogP contribution is -2.51. The zero-order valence-electron chi connectivity index (χ0n) is 19.1. The Kier molecular flexibility index (Phi) is 9.67. The molecule has 1 aromatic carbocycles. The third-order valence-corrected chi connectivity index (χ3v) is 5.67. The number of aliphatic hydroxyl groups is 1. The maximum atomic E-state index is 12.8. The second-order valence-electron chi connectivity index (χ2n) is 8.95. The molecule has 0 radical (unpaired) electrons. The van der Waals surface area contributed by atoms with Crippen LogP contribution in [0.2, 0.25) is 5.02 Å². The number of ether oxygens (including phenoxy) is 1. The number of carbonyl (C=O) groups excluding carboxylic acids is 4. The van der Waals surface area contributed by atoms with Crippen molar-refractivity contribution < 1.29 is 29.0 Å². The van der Waals surface area contributed by atoms with Crippen LogP contribution in [0.4, 0.5) is 4.79 Å². The largest absolute Gasteiger partial charge is 0.446 e. The summed E-state index contributed by atoms with van der Waals surface area (Å²) in [5, 5.41) is 18.9. The van der Waals surface area contributed by atoms with Gasteiger partial charge in [-0.15, -0.1) is 0 Å². The Labute approximate surface area is 198 Å². The van der Waals surface area contributed by atoms with Crippen LogP contribution in [0.5, 0.6) is 0 Å². The zero-order chi connectivity index (χ0) is 24.6. The Morgan fingerprint density at radius 3 is 2.67 bits per heavy atom. The summed E-state index contributed by atoms with van der Waals surface area (Å²) in [6, 6.07) is 4.77. The molecule has 0 saturated carbocycles. The molecule has 182 valence electrons. The number of hydrogen-bond donors (Lipinski definition) is 4. The van der Waals surface area contributed by atoms with Crippen molar-refractivity contribution in [1.29, 1.82) is 0 Å². The number of carbonyl (C=O) groups is 4. The third kappa shape index (κ3) is 8.33. The molecule has 33 heavy (non-hydrogen) atoms. The van der Waals surface area contributed by atoms with Crippen LogP contribution in [0, 0.1) is 11.8 Å². The van der Waals surface area contributed by atoms with E-state index in [9.17, 15) is 24.3 Å². The van der Waals surface area contributed by atoms with Gasteiger partial charge >= 0.3 is 6.09 Å². The highest BCUT2D eigenvalue weighted by atomic mass is 35.5. The first kappa shape index (κ1) is 26.6. The molecular weight excluding hydrogens is 450 g/mol. The molecule has 10 heteroatoms. The lowest BCUT2D eigenvalue weighted by Gasteiger charge is -2.26. The molecule has 0 bridgehead atoms. The molecule has 0 aromatic heterocycles. The van der Waals surface area contributed by atoms with Crippen molar-refractivity contribution in [3.8, 4) is 0 Å². The Balaban J connectivity index is 1.96. The van der Waals surface area contributed by atoms with E-state index in [-0.39, 0.29) is 30.8 Å². The summed E-state index contributed by atoms with van der Waals surface area (Å²) in [4.78, 5) is 48.4. The average molecular weight is 482 g/mol. The maximum absolute atomic E-state index is 12.8. The molecule has 0 aliphatic carbocycles. The van der Waals surface area contributed by atoms with Gasteiger partial charge < -0.3 is 30.6 Å². The van der Waals surface area contributed by atoms with Crippen LogP contribution in [0.25, 0.3) is 0 Å². The minimum absolute atomic E-state index is 0.0610. The van der Waals surface area contributed by atoms with E-state index in [0.29, 0.717) is 36.3 Å². The number of halogens is 1. The van der Waals surface area contributed by atoms with Gasteiger partial charge in [0, 0.05) is 17.5 Å². The SMILES string of the molecule is CC(C)C[C@H](NC(=O)OCC(C)(O)c1cccc(Cl)c1)C(=O)N[C@H](C=O)C[C@@H]1CCNC1=O. The lowest BCUT2D eigenvalue weighted by atomic mass is 9.97. The molecule has 1 unspecified atom stereocenters. The first-order valence-electron chi connectivity index (χ1n) is 11.0. The van der Waals surface area contributed by atoms with Crippen LogP contribution in [-0.4, -0.2) is 54.5 Å². The molecule has 1 fully saturated rings. The summed E-state index contributed by atoms with van der Waals surface area (Å²) in [7, 11) is 0. The highest BCUT2D eigenvalue weighted by Gasteiger charge is 2.31. The predicted molar refractivity (Wildman–Crippen MR) is 122 cm³/mol. The second kappa shape index (κ2) is 12.0. The first-order valence-corrected chi connectivity index (χ1v) is 11.3. The average Bonchev–Trinajstić information content (AvgIpc) is 3.15. The predicted octanol–water partition coefficient (Wildman–Crippen LogP) is 1.90. The summed E-state index contributed by atoms with van der Waals surface area (Å²) < 4.78 is 5.17. The number of aldehydes is 1. The highest BCUT2D eigenvalue weighted by molar-refractivity contribution is 6.30. The van der Waals surface area contributed by atoms with E-state index in [1.54, 1.807) is 24.3 Å². The van der Waals surface area contributed by atoms with Gasteiger partial charge in [-0.25, -0.2) is 4.79 Å². The quantitative estimate of drug-likeness (QED) is 0.357. The molecule has 1 saturated heterocycles. The fourth-order valence-corrected chi connectivity index (χ4v) is 3.80. The van der Waals surface area contributed by atoms with Gasteiger partial charge in [0.05, 0.1) is 6.04 Å². The van der Waals surface area contributed by atoms with Crippen LogP contribution in [0.1, 0.15) is 45.6 Å².